The van der Waals surface area contributed by atoms with E-state index in [-0.39, 0.29) is 18.0 Å². The van der Waals surface area contributed by atoms with Crippen molar-refractivity contribution < 1.29 is 9.53 Å². The number of nitrogens with one attached hydrogen (secondary N) is 1. The normalized spacial score (nSPS) is 22.2. The van der Waals surface area contributed by atoms with Crippen LogP contribution < -0.4 is 20.0 Å². The molecule has 3 aliphatic heterocycles. The van der Waals surface area contributed by atoms with E-state index in [1.807, 2.05) is 26.1 Å². The Kier molecular flexibility index (Phi) is 6.36. The van der Waals surface area contributed by atoms with E-state index in [0.717, 1.165) is 75.2 Å². The summed E-state index contributed by atoms with van der Waals surface area (Å²) >= 11 is 0. The summed E-state index contributed by atoms with van der Waals surface area (Å²) in [5, 5.41) is 3.53. The van der Waals surface area contributed by atoms with E-state index in [0.29, 0.717) is 0 Å². The van der Waals surface area contributed by atoms with Crippen molar-refractivity contribution in [2.24, 2.45) is 0 Å². The molecule has 8 nitrogen and oxygen atoms in total. The Morgan fingerprint density at radius 2 is 1.76 bits per heavy atom. The average Bonchev–Trinajstić information content (AvgIpc) is 2.85. The number of aryl methyl sites for hydroxylation is 1. The second-order valence-corrected chi connectivity index (χ2v) is 9.78. The molecule has 2 aromatic rings. The highest BCUT2D eigenvalue weighted by atomic mass is 16.5. The van der Waals surface area contributed by atoms with Gasteiger partial charge in [0.2, 0.25) is 5.91 Å². The maximum absolute atomic E-state index is 12.9. The minimum atomic E-state index is -0.243. The highest BCUT2D eigenvalue weighted by Gasteiger charge is 2.39. The summed E-state index contributed by atoms with van der Waals surface area (Å²) < 4.78 is 5.58. The van der Waals surface area contributed by atoms with Gasteiger partial charge in [0, 0.05) is 63.9 Å². The molecule has 0 saturated carbocycles. The smallest absolute Gasteiger partial charge is 0.249 e. The number of fused-ring (bicyclic) bond motifs is 1. The van der Waals surface area contributed by atoms with Crippen molar-refractivity contribution in [2.75, 3.05) is 73.5 Å². The Morgan fingerprint density at radius 3 is 2.47 bits per heavy atom. The van der Waals surface area contributed by atoms with E-state index >= 15 is 0 Å². The van der Waals surface area contributed by atoms with Gasteiger partial charge in [-0.3, -0.25) is 4.79 Å². The zero-order valence-electron chi connectivity index (χ0n) is 20.8. The third-order valence-corrected chi connectivity index (χ3v) is 7.49. The van der Waals surface area contributed by atoms with Crippen LogP contribution in [0.5, 0.6) is 0 Å². The number of piperazine rings is 1. The fourth-order valence-corrected chi connectivity index (χ4v) is 5.30. The van der Waals surface area contributed by atoms with Gasteiger partial charge < -0.3 is 29.7 Å². The molecule has 8 heteroatoms. The zero-order valence-corrected chi connectivity index (χ0v) is 20.8. The Bertz CT molecular complexity index is 1050. The quantitative estimate of drug-likeness (QED) is 0.745. The van der Waals surface area contributed by atoms with Gasteiger partial charge in [-0.1, -0.05) is 0 Å². The van der Waals surface area contributed by atoms with Crippen molar-refractivity contribution in [3.63, 3.8) is 0 Å². The average molecular weight is 465 g/mol. The molecule has 0 spiro atoms. The van der Waals surface area contributed by atoms with Crippen LogP contribution >= 0.6 is 0 Å². The number of likely N-dealkylation sites (N-methyl/N-ethyl adjacent to an activating group) is 2. The second kappa shape index (κ2) is 9.43. The summed E-state index contributed by atoms with van der Waals surface area (Å²) in [7, 11) is 4.02. The summed E-state index contributed by atoms with van der Waals surface area (Å²) in [4.78, 5) is 26.8. The Balaban J connectivity index is 1.40. The number of ether oxygens (including phenoxy) is 1. The molecule has 0 unspecified atom stereocenters. The number of aromatic nitrogens is 1. The Morgan fingerprint density at radius 1 is 1.03 bits per heavy atom. The lowest BCUT2D eigenvalue weighted by Crippen LogP contribution is -2.56. The summed E-state index contributed by atoms with van der Waals surface area (Å²) in [5.41, 5.74) is 4.38. The first-order valence-corrected chi connectivity index (χ1v) is 12.4. The molecule has 182 valence electrons. The van der Waals surface area contributed by atoms with Crippen LogP contribution in [0.3, 0.4) is 0 Å². The van der Waals surface area contributed by atoms with E-state index in [2.05, 4.69) is 52.2 Å². The monoisotopic (exact) mass is 464 g/mol. The summed E-state index contributed by atoms with van der Waals surface area (Å²) in [6.07, 6.45) is 1.82. The number of pyridine rings is 1. The van der Waals surface area contributed by atoms with E-state index in [4.69, 9.17) is 9.72 Å². The number of hydrogen-bond acceptors (Lipinski definition) is 7. The lowest BCUT2D eigenvalue weighted by Gasteiger charge is -2.44. The molecule has 1 aromatic heterocycles. The van der Waals surface area contributed by atoms with E-state index < -0.39 is 0 Å². The van der Waals surface area contributed by atoms with Crippen molar-refractivity contribution >= 4 is 34.6 Å². The summed E-state index contributed by atoms with van der Waals surface area (Å²) in [5.74, 6) is 1.77. The van der Waals surface area contributed by atoms with Crippen LogP contribution in [0.1, 0.15) is 25.3 Å². The lowest BCUT2D eigenvalue weighted by atomic mass is 10.0. The SMILES string of the molecule is Cc1cc(N2CCN(C)CC2)ccc1Nc1ccc2c(n1)N(C1CCOCC1)[C@H](C)C(=O)N2C. The van der Waals surface area contributed by atoms with Crippen LogP contribution in [0.15, 0.2) is 30.3 Å². The number of amides is 1. The largest absolute Gasteiger partial charge is 0.381 e. The van der Waals surface area contributed by atoms with Gasteiger partial charge in [-0.25, -0.2) is 4.98 Å². The molecule has 0 radical (unpaired) electrons. The molecule has 1 N–H and O–H groups in total. The van der Waals surface area contributed by atoms with Crippen LogP contribution in [0, 0.1) is 6.92 Å². The molecule has 0 bridgehead atoms. The molecule has 1 aromatic carbocycles. The van der Waals surface area contributed by atoms with Crippen molar-refractivity contribution in [2.45, 2.75) is 38.8 Å². The Labute approximate surface area is 202 Å². The minimum Gasteiger partial charge on any atom is -0.381 e. The third-order valence-electron chi connectivity index (χ3n) is 7.49. The molecule has 2 fully saturated rings. The predicted octanol–water partition coefficient (Wildman–Crippen LogP) is 3.24. The van der Waals surface area contributed by atoms with Crippen molar-refractivity contribution in [3.05, 3.63) is 35.9 Å². The van der Waals surface area contributed by atoms with Gasteiger partial charge in [-0.05, 0) is 69.6 Å². The number of benzene rings is 1. The van der Waals surface area contributed by atoms with E-state index in [9.17, 15) is 4.79 Å². The van der Waals surface area contributed by atoms with Gasteiger partial charge in [0.25, 0.3) is 0 Å². The maximum Gasteiger partial charge on any atom is 0.249 e. The molecule has 34 heavy (non-hydrogen) atoms. The first-order chi connectivity index (χ1) is 16.4. The highest BCUT2D eigenvalue weighted by molar-refractivity contribution is 6.04. The second-order valence-electron chi connectivity index (χ2n) is 9.78. The lowest BCUT2D eigenvalue weighted by molar-refractivity contribution is -0.119. The third kappa shape index (κ3) is 4.32. The van der Waals surface area contributed by atoms with Crippen LogP contribution in [0.25, 0.3) is 0 Å². The number of nitrogens with zero attached hydrogens (tertiary/aromatic N) is 5. The van der Waals surface area contributed by atoms with Crippen molar-refractivity contribution in [1.29, 1.82) is 0 Å². The molecule has 5 rings (SSSR count). The van der Waals surface area contributed by atoms with Crippen LogP contribution in [-0.4, -0.2) is 81.4 Å². The summed E-state index contributed by atoms with van der Waals surface area (Å²) in [6.45, 7) is 9.88. The maximum atomic E-state index is 12.9. The number of hydrogen-bond donors (Lipinski definition) is 1. The van der Waals surface area contributed by atoms with Gasteiger partial charge in [0.1, 0.15) is 11.9 Å². The highest BCUT2D eigenvalue weighted by Crippen LogP contribution is 2.38. The number of carbonyl (C=O) groups is 1. The van der Waals surface area contributed by atoms with Gasteiger partial charge >= 0.3 is 0 Å². The number of rotatable bonds is 4. The molecular weight excluding hydrogens is 428 g/mol. The van der Waals surface area contributed by atoms with Crippen LogP contribution in [0.4, 0.5) is 28.7 Å². The van der Waals surface area contributed by atoms with Gasteiger partial charge in [-0.2, -0.15) is 0 Å². The standard InChI is InChI=1S/C26H36N6O2/c1-18-17-21(31-13-11-29(3)12-14-31)5-6-22(18)27-24-8-7-23-25(28-24)32(19(2)26(33)30(23)4)20-9-15-34-16-10-20/h5-8,17,19-20H,9-16H2,1-4H3,(H,27,28)/t19-/m1/s1. The Hall–Kier alpha value is -2.84. The molecule has 2 saturated heterocycles. The fraction of sp³-hybridized carbons (Fsp3) is 0.538. The van der Waals surface area contributed by atoms with Gasteiger partial charge in [-0.15, -0.1) is 0 Å². The van der Waals surface area contributed by atoms with Crippen LogP contribution in [-0.2, 0) is 9.53 Å². The molecule has 4 heterocycles. The first-order valence-electron chi connectivity index (χ1n) is 12.4. The van der Waals surface area contributed by atoms with Crippen LogP contribution in [0.2, 0.25) is 0 Å². The van der Waals surface area contributed by atoms with E-state index in [1.165, 1.54) is 11.3 Å². The molecule has 0 aliphatic carbocycles. The minimum absolute atomic E-state index is 0.108. The zero-order chi connectivity index (χ0) is 23.8. The molecular formula is C26H36N6O2. The number of carbonyl (C=O) groups excluding carboxylic acids is 1. The molecule has 3 aliphatic rings. The molecule has 1 amide bonds. The number of anilines is 5. The van der Waals surface area contributed by atoms with Gasteiger partial charge in [0.05, 0.1) is 5.69 Å². The topological polar surface area (TPSA) is 64.2 Å². The fourth-order valence-electron chi connectivity index (χ4n) is 5.30. The van der Waals surface area contributed by atoms with E-state index in [1.54, 1.807) is 4.90 Å². The van der Waals surface area contributed by atoms with Gasteiger partial charge in [0.15, 0.2) is 5.82 Å². The summed E-state index contributed by atoms with van der Waals surface area (Å²) in [6, 6.07) is 10.6. The van der Waals surface area contributed by atoms with Crippen molar-refractivity contribution in [3.8, 4) is 0 Å². The predicted molar refractivity (Wildman–Crippen MR) is 138 cm³/mol. The molecule has 1 atom stereocenters. The first kappa shape index (κ1) is 22.9. The van der Waals surface area contributed by atoms with Crippen molar-refractivity contribution in [1.82, 2.24) is 9.88 Å².